The Balaban J connectivity index is 4.68. The van der Waals surface area contributed by atoms with Crippen LogP contribution in [0.1, 0.15) is 47.5 Å². The summed E-state index contributed by atoms with van der Waals surface area (Å²) in [5.41, 5.74) is -0.557. The van der Waals surface area contributed by atoms with Gasteiger partial charge in [0.05, 0.1) is 18.6 Å². The molecule has 0 unspecified atom stereocenters. The van der Waals surface area contributed by atoms with E-state index in [0.717, 1.165) is 0 Å². The number of carbonyl (C=O) groups excluding carboxylic acids is 1. The lowest BCUT2D eigenvalue weighted by Gasteiger charge is -2.28. The molecule has 0 aliphatic rings. The van der Waals surface area contributed by atoms with E-state index in [-0.39, 0.29) is 18.2 Å². The lowest BCUT2D eigenvalue weighted by Crippen LogP contribution is -2.48. The smallest absolute Gasteiger partial charge is 0.306 e. The number of amides is 1. The van der Waals surface area contributed by atoms with Crippen LogP contribution < -0.4 is 5.32 Å². The van der Waals surface area contributed by atoms with Crippen molar-refractivity contribution in [2.45, 2.75) is 59.6 Å². The molecule has 1 amide bonds. The maximum Gasteiger partial charge on any atom is 0.306 e. The van der Waals surface area contributed by atoms with E-state index in [1.54, 1.807) is 20.8 Å². The summed E-state index contributed by atoms with van der Waals surface area (Å²) < 4.78 is 0. The first kappa shape index (κ1) is 16.9. The topological polar surface area (TPSA) is 86.6 Å². The number of carboxylic acid groups (broad SMARTS) is 1. The molecule has 5 nitrogen and oxygen atoms in total. The third-order valence-corrected chi connectivity index (χ3v) is 2.57. The van der Waals surface area contributed by atoms with Gasteiger partial charge in [-0.05, 0) is 12.3 Å². The number of hydrogen-bond acceptors (Lipinski definition) is 3. The molecule has 0 rings (SSSR count). The van der Waals surface area contributed by atoms with E-state index in [4.69, 9.17) is 5.11 Å². The minimum atomic E-state index is -1.07. The van der Waals surface area contributed by atoms with Crippen LogP contribution in [-0.2, 0) is 9.59 Å². The van der Waals surface area contributed by atoms with Crippen LogP contribution in [0.5, 0.6) is 0 Å². The molecule has 0 aromatic carbocycles. The van der Waals surface area contributed by atoms with Gasteiger partial charge in [0.25, 0.3) is 0 Å². The van der Waals surface area contributed by atoms with Gasteiger partial charge in [-0.1, -0.05) is 34.6 Å². The maximum absolute atomic E-state index is 11.9. The Morgan fingerprint density at radius 2 is 1.72 bits per heavy atom. The molecule has 0 aliphatic heterocycles. The van der Waals surface area contributed by atoms with E-state index in [1.807, 2.05) is 13.8 Å². The van der Waals surface area contributed by atoms with Gasteiger partial charge in [0.1, 0.15) is 0 Å². The molecule has 0 fully saturated rings. The summed E-state index contributed by atoms with van der Waals surface area (Å²) in [5.74, 6) is -0.988. The van der Waals surface area contributed by atoms with Crippen LogP contribution >= 0.6 is 0 Å². The van der Waals surface area contributed by atoms with Gasteiger partial charge in [0, 0.05) is 5.41 Å². The lowest BCUT2D eigenvalue weighted by molar-refractivity contribution is -0.140. The molecule has 0 saturated heterocycles. The van der Waals surface area contributed by atoms with E-state index < -0.39 is 23.5 Å². The molecule has 0 aliphatic carbocycles. The molecule has 106 valence electrons. The van der Waals surface area contributed by atoms with Crippen LogP contribution in [0.25, 0.3) is 0 Å². The van der Waals surface area contributed by atoms with Gasteiger partial charge in [-0.2, -0.15) is 0 Å². The highest BCUT2D eigenvalue weighted by atomic mass is 16.4. The number of carboxylic acids is 1. The fourth-order valence-electron chi connectivity index (χ4n) is 1.53. The van der Waals surface area contributed by atoms with E-state index in [2.05, 4.69) is 5.32 Å². The number of nitrogens with one attached hydrogen (secondary N) is 1. The highest BCUT2D eigenvalue weighted by Gasteiger charge is 2.29. The second kappa shape index (κ2) is 6.73. The van der Waals surface area contributed by atoms with E-state index in [0.29, 0.717) is 6.42 Å². The van der Waals surface area contributed by atoms with Crippen molar-refractivity contribution in [3.63, 3.8) is 0 Å². The average Bonchev–Trinajstić information content (AvgIpc) is 2.12. The fraction of sp³-hybridized carbons (Fsp3) is 0.846. The van der Waals surface area contributed by atoms with Crippen LogP contribution in [0.2, 0.25) is 0 Å². The van der Waals surface area contributed by atoms with Gasteiger partial charge in [0.2, 0.25) is 5.91 Å². The molecule has 0 radical (unpaired) electrons. The van der Waals surface area contributed by atoms with Gasteiger partial charge in [0.15, 0.2) is 0 Å². The normalized spacial score (nSPS) is 15.3. The van der Waals surface area contributed by atoms with E-state index in [1.165, 1.54) is 0 Å². The summed E-state index contributed by atoms with van der Waals surface area (Å²) in [4.78, 5) is 22.5. The second-order valence-corrected chi connectivity index (χ2v) is 6.12. The predicted molar refractivity (Wildman–Crippen MR) is 69.1 cm³/mol. The van der Waals surface area contributed by atoms with Crippen molar-refractivity contribution in [2.24, 2.45) is 11.3 Å². The zero-order chi connectivity index (χ0) is 14.5. The minimum Gasteiger partial charge on any atom is -0.481 e. The molecule has 5 heteroatoms. The number of aliphatic carboxylic acids is 1. The zero-order valence-corrected chi connectivity index (χ0v) is 11.9. The lowest BCUT2D eigenvalue weighted by atomic mass is 9.92. The summed E-state index contributed by atoms with van der Waals surface area (Å²) in [5, 5.41) is 21.3. The molecule has 0 aromatic heterocycles. The molecule has 2 atom stereocenters. The Hall–Kier alpha value is -1.10. The predicted octanol–water partition coefficient (Wildman–Crippen LogP) is 1.40. The number of rotatable bonds is 6. The van der Waals surface area contributed by atoms with Crippen LogP contribution in [0, 0.1) is 11.3 Å². The van der Waals surface area contributed by atoms with Crippen LogP contribution in [0.4, 0.5) is 0 Å². The van der Waals surface area contributed by atoms with Crippen LogP contribution in [0.3, 0.4) is 0 Å². The largest absolute Gasteiger partial charge is 0.481 e. The molecular weight excluding hydrogens is 234 g/mol. The summed E-state index contributed by atoms with van der Waals surface area (Å²) in [7, 11) is 0. The number of carbonyl (C=O) groups is 2. The standard InChI is InChI=1S/C13H25NO4/c1-8(2)6-9(10(15)7-11(16)17)14-12(18)13(3,4)5/h8-10,15H,6-7H2,1-5H3,(H,14,18)(H,16,17)/t9-,10-/m0/s1. The van der Waals surface area contributed by atoms with Crippen LogP contribution in [-0.4, -0.2) is 34.2 Å². The number of hydrogen-bond donors (Lipinski definition) is 3. The van der Waals surface area contributed by atoms with Gasteiger partial charge < -0.3 is 15.5 Å². The Morgan fingerprint density at radius 3 is 2.06 bits per heavy atom. The summed E-state index contributed by atoms with van der Waals surface area (Å²) >= 11 is 0. The third-order valence-electron chi connectivity index (χ3n) is 2.57. The first-order chi connectivity index (χ1) is 8.04. The zero-order valence-electron chi connectivity index (χ0n) is 11.9. The SMILES string of the molecule is CC(C)C[C@H](NC(=O)C(C)(C)C)[C@@H](O)CC(=O)O. The minimum absolute atomic E-state index is 0.183. The average molecular weight is 259 g/mol. The van der Waals surface area contributed by atoms with Gasteiger partial charge >= 0.3 is 5.97 Å². The molecule has 0 heterocycles. The molecule has 0 aromatic rings. The first-order valence-electron chi connectivity index (χ1n) is 6.25. The van der Waals surface area contributed by atoms with Gasteiger partial charge in [-0.25, -0.2) is 0 Å². The van der Waals surface area contributed by atoms with Crippen molar-refractivity contribution in [2.75, 3.05) is 0 Å². The van der Waals surface area contributed by atoms with Gasteiger partial charge in [-0.3, -0.25) is 9.59 Å². The Kier molecular flexibility index (Phi) is 6.32. The second-order valence-electron chi connectivity index (χ2n) is 6.12. The fourth-order valence-corrected chi connectivity index (χ4v) is 1.53. The molecule has 0 bridgehead atoms. The Morgan fingerprint density at radius 1 is 1.22 bits per heavy atom. The van der Waals surface area contributed by atoms with Crippen molar-refractivity contribution < 1.29 is 19.8 Å². The van der Waals surface area contributed by atoms with Crippen molar-refractivity contribution in [3.05, 3.63) is 0 Å². The first-order valence-corrected chi connectivity index (χ1v) is 6.25. The molecule has 0 saturated carbocycles. The highest BCUT2D eigenvalue weighted by Crippen LogP contribution is 2.16. The third kappa shape index (κ3) is 6.59. The molecule has 3 N–H and O–H groups in total. The monoisotopic (exact) mass is 259 g/mol. The van der Waals surface area contributed by atoms with E-state index in [9.17, 15) is 14.7 Å². The Labute approximate surface area is 109 Å². The number of aliphatic hydroxyl groups excluding tert-OH is 1. The summed E-state index contributed by atoms with van der Waals surface area (Å²) in [6.45, 7) is 9.25. The number of aliphatic hydroxyl groups is 1. The summed E-state index contributed by atoms with van der Waals surface area (Å²) in [6.07, 6.45) is -0.867. The quantitative estimate of drug-likeness (QED) is 0.673. The molecule has 18 heavy (non-hydrogen) atoms. The van der Waals surface area contributed by atoms with Crippen molar-refractivity contribution in [1.82, 2.24) is 5.32 Å². The van der Waals surface area contributed by atoms with Crippen LogP contribution in [0.15, 0.2) is 0 Å². The van der Waals surface area contributed by atoms with Crippen molar-refractivity contribution >= 4 is 11.9 Å². The summed E-state index contributed by atoms with van der Waals surface area (Å²) in [6, 6.07) is -0.521. The van der Waals surface area contributed by atoms with Crippen molar-refractivity contribution in [3.8, 4) is 0 Å². The van der Waals surface area contributed by atoms with Crippen molar-refractivity contribution in [1.29, 1.82) is 0 Å². The molecular formula is C13H25NO4. The van der Waals surface area contributed by atoms with Gasteiger partial charge in [-0.15, -0.1) is 0 Å². The highest BCUT2D eigenvalue weighted by molar-refractivity contribution is 5.81. The maximum atomic E-state index is 11.9. The Bertz CT molecular complexity index is 294. The van der Waals surface area contributed by atoms with E-state index >= 15 is 0 Å². The molecule has 0 spiro atoms.